The Morgan fingerprint density at radius 2 is 1.94 bits per heavy atom. The van der Waals surface area contributed by atoms with E-state index in [4.69, 9.17) is 4.74 Å². The molecule has 1 saturated heterocycles. The van der Waals surface area contributed by atoms with Crippen LogP contribution in [0.3, 0.4) is 0 Å². The molecule has 17 heavy (non-hydrogen) atoms. The Morgan fingerprint density at radius 3 is 2.59 bits per heavy atom. The highest BCUT2D eigenvalue weighted by Crippen LogP contribution is 2.22. The first kappa shape index (κ1) is 12.8. The largest absolute Gasteiger partial charge is 0.469 e. The van der Waals surface area contributed by atoms with E-state index >= 15 is 0 Å². The molecule has 0 aromatic carbocycles. The van der Waals surface area contributed by atoms with E-state index in [1.807, 2.05) is 0 Å². The zero-order chi connectivity index (χ0) is 12.3. The first-order valence-electron chi connectivity index (χ1n) is 6.71. The number of hydrogen-bond acceptors (Lipinski definition) is 4. The standard InChI is InChI=1S/C13H24N2O2/c1-15-8-10(13(16)17-2)7-12(9-15)14-11-5-3-4-6-11/h10-12,14H,3-9H2,1-2H3. The minimum atomic E-state index is -0.0604. The third kappa shape index (κ3) is 3.42. The predicted molar refractivity (Wildman–Crippen MR) is 66.8 cm³/mol. The first-order chi connectivity index (χ1) is 8.19. The summed E-state index contributed by atoms with van der Waals surface area (Å²) < 4.78 is 4.86. The molecule has 0 spiro atoms. The van der Waals surface area contributed by atoms with Crippen LogP contribution in [0.4, 0.5) is 0 Å². The summed E-state index contributed by atoms with van der Waals surface area (Å²) in [5.74, 6) is -0.0209. The minimum absolute atomic E-state index is 0.0395. The molecule has 2 unspecified atom stereocenters. The molecule has 0 amide bonds. The van der Waals surface area contributed by atoms with Crippen LogP contribution in [0.5, 0.6) is 0 Å². The maximum Gasteiger partial charge on any atom is 0.310 e. The van der Waals surface area contributed by atoms with E-state index < -0.39 is 0 Å². The van der Waals surface area contributed by atoms with E-state index in [1.165, 1.54) is 32.8 Å². The summed E-state index contributed by atoms with van der Waals surface area (Å²) >= 11 is 0. The molecule has 1 N–H and O–H groups in total. The van der Waals surface area contributed by atoms with E-state index in [9.17, 15) is 4.79 Å². The van der Waals surface area contributed by atoms with Crippen molar-refractivity contribution in [1.82, 2.24) is 10.2 Å². The third-order valence-electron chi connectivity index (χ3n) is 3.99. The summed E-state index contributed by atoms with van der Waals surface area (Å²) in [7, 11) is 3.56. The van der Waals surface area contributed by atoms with Crippen LogP contribution in [-0.4, -0.2) is 50.2 Å². The van der Waals surface area contributed by atoms with Crippen LogP contribution in [0.1, 0.15) is 32.1 Å². The van der Waals surface area contributed by atoms with Crippen LogP contribution in [0.15, 0.2) is 0 Å². The molecule has 1 saturated carbocycles. The fourth-order valence-corrected chi connectivity index (χ4v) is 3.20. The molecular formula is C13H24N2O2. The molecule has 1 aliphatic carbocycles. The fraction of sp³-hybridized carbons (Fsp3) is 0.923. The lowest BCUT2D eigenvalue weighted by Crippen LogP contribution is -2.51. The van der Waals surface area contributed by atoms with Gasteiger partial charge < -0.3 is 15.0 Å². The molecule has 4 nitrogen and oxygen atoms in total. The first-order valence-corrected chi connectivity index (χ1v) is 6.71. The van der Waals surface area contributed by atoms with Crippen LogP contribution >= 0.6 is 0 Å². The van der Waals surface area contributed by atoms with Crippen molar-refractivity contribution < 1.29 is 9.53 Å². The molecule has 0 radical (unpaired) electrons. The molecule has 2 aliphatic rings. The number of hydrogen-bond donors (Lipinski definition) is 1. The predicted octanol–water partition coefficient (Wildman–Crippen LogP) is 1.01. The normalized spacial score (nSPS) is 31.6. The van der Waals surface area contributed by atoms with Gasteiger partial charge in [-0.25, -0.2) is 0 Å². The van der Waals surface area contributed by atoms with Gasteiger partial charge in [0.2, 0.25) is 0 Å². The van der Waals surface area contributed by atoms with Gasteiger partial charge in [0.05, 0.1) is 13.0 Å². The smallest absolute Gasteiger partial charge is 0.310 e. The van der Waals surface area contributed by atoms with Gasteiger partial charge in [-0.1, -0.05) is 12.8 Å². The number of piperidine rings is 1. The Labute approximate surface area is 104 Å². The van der Waals surface area contributed by atoms with E-state index in [1.54, 1.807) is 0 Å². The molecular weight excluding hydrogens is 216 g/mol. The highest BCUT2D eigenvalue weighted by molar-refractivity contribution is 5.72. The van der Waals surface area contributed by atoms with Gasteiger partial charge in [-0.2, -0.15) is 0 Å². The van der Waals surface area contributed by atoms with Crippen LogP contribution < -0.4 is 5.32 Å². The number of likely N-dealkylation sites (N-methyl/N-ethyl adjacent to an activating group) is 1. The maximum atomic E-state index is 11.6. The average molecular weight is 240 g/mol. The second-order valence-corrected chi connectivity index (χ2v) is 5.52. The highest BCUT2D eigenvalue weighted by Gasteiger charge is 2.32. The molecule has 1 aliphatic heterocycles. The van der Waals surface area contributed by atoms with Gasteiger partial charge in [0.25, 0.3) is 0 Å². The van der Waals surface area contributed by atoms with Gasteiger partial charge in [-0.15, -0.1) is 0 Å². The van der Waals surface area contributed by atoms with Gasteiger partial charge in [0, 0.05) is 25.2 Å². The summed E-state index contributed by atoms with van der Waals surface area (Å²) in [6.07, 6.45) is 6.21. The zero-order valence-corrected chi connectivity index (χ0v) is 10.9. The fourth-order valence-electron chi connectivity index (χ4n) is 3.20. The van der Waals surface area contributed by atoms with Gasteiger partial charge in [0.1, 0.15) is 0 Å². The van der Waals surface area contributed by atoms with Crippen LogP contribution in [0.2, 0.25) is 0 Å². The van der Waals surface area contributed by atoms with Gasteiger partial charge in [-0.05, 0) is 26.3 Å². The number of rotatable bonds is 3. The molecule has 4 heteroatoms. The van der Waals surface area contributed by atoms with Crippen molar-refractivity contribution in [3.8, 4) is 0 Å². The molecule has 1 heterocycles. The number of nitrogens with zero attached hydrogens (tertiary/aromatic N) is 1. The van der Waals surface area contributed by atoms with Crippen molar-refractivity contribution in [2.24, 2.45) is 5.92 Å². The molecule has 2 rings (SSSR count). The Kier molecular flexibility index (Phi) is 4.40. The number of methoxy groups -OCH3 is 1. The number of carbonyl (C=O) groups is 1. The summed E-state index contributed by atoms with van der Waals surface area (Å²) in [6, 6.07) is 1.12. The number of esters is 1. The van der Waals surface area contributed by atoms with Crippen molar-refractivity contribution >= 4 is 5.97 Å². The van der Waals surface area contributed by atoms with Crippen molar-refractivity contribution in [1.29, 1.82) is 0 Å². The Bertz CT molecular complexity index is 264. The lowest BCUT2D eigenvalue weighted by atomic mass is 9.94. The number of likely N-dealkylation sites (tertiary alicyclic amines) is 1. The lowest BCUT2D eigenvalue weighted by Gasteiger charge is -2.36. The summed E-state index contributed by atoms with van der Waals surface area (Å²) in [5, 5.41) is 3.71. The second kappa shape index (κ2) is 5.83. The summed E-state index contributed by atoms with van der Waals surface area (Å²) in [4.78, 5) is 13.9. The van der Waals surface area contributed by atoms with E-state index in [0.29, 0.717) is 12.1 Å². The van der Waals surface area contributed by atoms with Gasteiger partial charge >= 0.3 is 5.97 Å². The van der Waals surface area contributed by atoms with E-state index in [2.05, 4.69) is 17.3 Å². The molecule has 2 fully saturated rings. The topological polar surface area (TPSA) is 41.6 Å². The molecule has 2 atom stereocenters. The van der Waals surface area contributed by atoms with Crippen molar-refractivity contribution in [2.75, 3.05) is 27.2 Å². The summed E-state index contributed by atoms with van der Waals surface area (Å²) in [6.45, 7) is 1.87. The average Bonchev–Trinajstić information content (AvgIpc) is 2.80. The Balaban J connectivity index is 1.86. The number of nitrogens with one attached hydrogen (secondary N) is 1. The van der Waals surface area contributed by atoms with E-state index in [-0.39, 0.29) is 11.9 Å². The number of carbonyl (C=O) groups excluding carboxylic acids is 1. The monoisotopic (exact) mass is 240 g/mol. The molecule has 98 valence electrons. The van der Waals surface area contributed by atoms with Crippen LogP contribution in [0, 0.1) is 5.92 Å². The van der Waals surface area contributed by atoms with Crippen molar-refractivity contribution in [2.45, 2.75) is 44.2 Å². The van der Waals surface area contributed by atoms with Gasteiger partial charge in [0.15, 0.2) is 0 Å². The van der Waals surface area contributed by atoms with Crippen molar-refractivity contribution in [3.05, 3.63) is 0 Å². The van der Waals surface area contributed by atoms with Crippen LogP contribution in [0.25, 0.3) is 0 Å². The summed E-state index contributed by atoms with van der Waals surface area (Å²) in [5.41, 5.74) is 0. The third-order valence-corrected chi connectivity index (χ3v) is 3.99. The lowest BCUT2D eigenvalue weighted by molar-refractivity contribution is -0.147. The molecule has 0 bridgehead atoms. The molecule has 0 aromatic heterocycles. The minimum Gasteiger partial charge on any atom is -0.469 e. The SMILES string of the molecule is COC(=O)C1CC(NC2CCCC2)CN(C)C1. The van der Waals surface area contributed by atoms with Crippen LogP contribution in [-0.2, 0) is 9.53 Å². The maximum absolute atomic E-state index is 11.6. The van der Waals surface area contributed by atoms with Gasteiger partial charge in [-0.3, -0.25) is 4.79 Å². The number of ether oxygens (including phenoxy) is 1. The Morgan fingerprint density at radius 1 is 1.24 bits per heavy atom. The quantitative estimate of drug-likeness (QED) is 0.748. The Hall–Kier alpha value is -0.610. The zero-order valence-electron chi connectivity index (χ0n) is 10.9. The van der Waals surface area contributed by atoms with Crippen molar-refractivity contribution in [3.63, 3.8) is 0 Å². The highest BCUT2D eigenvalue weighted by atomic mass is 16.5. The van der Waals surface area contributed by atoms with E-state index in [0.717, 1.165) is 19.5 Å². The second-order valence-electron chi connectivity index (χ2n) is 5.52. The molecule has 0 aromatic rings.